The van der Waals surface area contributed by atoms with Crippen molar-refractivity contribution < 1.29 is 18.7 Å². The highest BCUT2D eigenvalue weighted by Crippen LogP contribution is 2.29. The van der Waals surface area contributed by atoms with E-state index in [1.54, 1.807) is 31.4 Å². The quantitative estimate of drug-likeness (QED) is 0.939. The molecule has 1 unspecified atom stereocenters. The van der Waals surface area contributed by atoms with E-state index in [4.69, 9.17) is 4.74 Å². The molecular weight excluding hydrogens is 311 g/mol. The van der Waals surface area contributed by atoms with Gasteiger partial charge >= 0.3 is 0 Å². The predicted molar refractivity (Wildman–Crippen MR) is 88.5 cm³/mol. The zero-order chi connectivity index (χ0) is 17.1. The monoisotopic (exact) mass is 328 g/mol. The Balaban J connectivity index is 1.78. The topological polar surface area (TPSA) is 58.6 Å². The van der Waals surface area contributed by atoms with Crippen LogP contribution in [0.15, 0.2) is 48.5 Å². The van der Waals surface area contributed by atoms with Gasteiger partial charge in [-0.15, -0.1) is 0 Å². The molecule has 5 nitrogen and oxygen atoms in total. The van der Waals surface area contributed by atoms with Crippen molar-refractivity contribution in [2.24, 2.45) is 0 Å². The molecule has 2 aromatic carbocycles. The van der Waals surface area contributed by atoms with E-state index >= 15 is 0 Å². The van der Waals surface area contributed by atoms with Gasteiger partial charge in [0.15, 0.2) is 0 Å². The van der Waals surface area contributed by atoms with Crippen molar-refractivity contribution in [3.63, 3.8) is 0 Å². The average molecular weight is 328 g/mol. The standard InChI is InChI=1S/C18H17FN2O3/c1-24-15-8-6-14(7-9-15)21-16(10-11-17(21)22)18(23)20-13-4-2-12(19)3-5-13/h2-9,16H,10-11H2,1H3,(H,20,23). The largest absolute Gasteiger partial charge is 0.497 e. The van der Waals surface area contributed by atoms with E-state index in [1.165, 1.54) is 29.2 Å². The number of nitrogens with zero attached hydrogens (tertiary/aromatic N) is 1. The van der Waals surface area contributed by atoms with Crippen LogP contribution in [-0.2, 0) is 9.59 Å². The molecule has 1 heterocycles. The molecule has 0 aromatic heterocycles. The van der Waals surface area contributed by atoms with Gasteiger partial charge in [0.1, 0.15) is 17.6 Å². The summed E-state index contributed by atoms with van der Waals surface area (Å²) in [5, 5.41) is 2.73. The van der Waals surface area contributed by atoms with Gasteiger partial charge in [-0.25, -0.2) is 4.39 Å². The molecule has 2 aromatic rings. The lowest BCUT2D eigenvalue weighted by Gasteiger charge is -2.24. The second-order valence-corrected chi connectivity index (χ2v) is 5.51. The van der Waals surface area contributed by atoms with E-state index in [2.05, 4.69) is 5.32 Å². The molecule has 0 radical (unpaired) electrons. The molecule has 1 aliphatic heterocycles. The second kappa shape index (κ2) is 6.70. The maximum atomic E-state index is 12.9. The van der Waals surface area contributed by atoms with Crippen LogP contribution < -0.4 is 15.0 Å². The molecule has 0 bridgehead atoms. The molecular formula is C18H17FN2O3. The number of hydrogen-bond donors (Lipinski definition) is 1. The van der Waals surface area contributed by atoms with Gasteiger partial charge in [-0.1, -0.05) is 0 Å². The molecule has 6 heteroatoms. The Hall–Kier alpha value is -2.89. The Kier molecular flexibility index (Phi) is 4.46. The Morgan fingerprint density at radius 3 is 2.46 bits per heavy atom. The smallest absolute Gasteiger partial charge is 0.247 e. The van der Waals surface area contributed by atoms with E-state index in [1.807, 2.05) is 0 Å². The zero-order valence-electron chi connectivity index (χ0n) is 13.2. The van der Waals surface area contributed by atoms with E-state index in [9.17, 15) is 14.0 Å². The van der Waals surface area contributed by atoms with E-state index in [-0.39, 0.29) is 17.6 Å². The van der Waals surface area contributed by atoms with Crippen LogP contribution in [0.5, 0.6) is 5.75 Å². The van der Waals surface area contributed by atoms with E-state index in [0.717, 1.165) is 0 Å². The molecule has 1 N–H and O–H groups in total. The number of hydrogen-bond acceptors (Lipinski definition) is 3. The van der Waals surface area contributed by atoms with Crippen LogP contribution in [0.2, 0.25) is 0 Å². The van der Waals surface area contributed by atoms with Crippen LogP contribution in [-0.4, -0.2) is 25.0 Å². The SMILES string of the molecule is COc1ccc(N2C(=O)CCC2C(=O)Nc2ccc(F)cc2)cc1. The summed E-state index contributed by atoms with van der Waals surface area (Å²) in [7, 11) is 1.56. The van der Waals surface area contributed by atoms with Crippen molar-refractivity contribution in [2.75, 3.05) is 17.3 Å². The highest BCUT2D eigenvalue weighted by Gasteiger charge is 2.37. The van der Waals surface area contributed by atoms with Crippen LogP contribution in [0, 0.1) is 5.82 Å². The van der Waals surface area contributed by atoms with Gasteiger partial charge in [0.05, 0.1) is 7.11 Å². The first kappa shape index (κ1) is 16.0. The maximum absolute atomic E-state index is 12.9. The lowest BCUT2D eigenvalue weighted by atomic mass is 10.2. The lowest BCUT2D eigenvalue weighted by molar-refractivity contribution is -0.120. The summed E-state index contributed by atoms with van der Waals surface area (Å²) in [6, 6.07) is 11.9. The van der Waals surface area contributed by atoms with Crippen LogP contribution in [0.25, 0.3) is 0 Å². The van der Waals surface area contributed by atoms with Crippen molar-refractivity contribution in [1.29, 1.82) is 0 Å². The van der Waals surface area contributed by atoms with Crippen molar-refractivity contribution >= 4 is 23.2 Å². The van der Waals surface area contributed by atoms with E-state index in [0.29, 0.717) is 30.0 Å². The minimum absolute atomic E-state index is 0.0978. The number of nitrogens with one attached hydrogen (secondary N) is 1. The number of ether oxygens (including phenoxy) is 1. The van der Waals surface area contributed by atoms with Gasteiger partial charge in [-0.2, -0.15) is 0 Å². The number of halogens is 1. The molecule has 1 atom stereocenters. The fraction of sp³-hybridized carbons (Fsp3) is 0.222. The van der Waals surface area contributed by atoms with Crippen molar-refractivity contribution in [3.8, 4) is 5.75 Å². The predicted octanol–water partition coefficient (Wildman–Crippen LogP) is 2.97. The molecule has 3 rings (SSSR count). The van der Waals surface area contributed by atoms with Gasteiger partial charge in [0.2, 0.25) is 11.8 Å². The van der Waals surface area contributed by atoms with E-state index < -0.39 is 6.04 Å². The number of carbonyl (C=O) groups excluding carboxylic acids is 2. The van der Waals surface area contributed by atoms with Gasteiger partial charge in [0.25, 0.3) is 0 Å². The first-order valence-corrected chi connectivity index (χ1v) is 7.61. The Bertz CT molecular complexity index is 744. The fourth-order valence-corrected chi connectivity index (χ4v) is 2.76. The number of benzene rings is 2. The second-order valence-electron chi connectivity index (χ2n) is 5.51. The Morgan fingerprint density at radius 2 is 1.83 bits per heavy atom. The van der Waals surface area contributed by atoms with Crippen molar-refractivity contribution in [2.45, 2.75) is 18.9 Å². The first-order valence-electron chi connectivity index (χ1n) is 7.61. The summed E-state index contributed by atoms with van der Waals surface area (Å²) >= 11 is 0. The lowest BCUT2D eigenvalue weighted by Crippen LogP contribution is -2.41. The molecule has 0 saturated carbocycles. The number of carbonyl (C=O) groups is 2. The van der Waals surface area contributed by atoms with Crippen molar-refractivity contribution in [3.05, 3.63) is 54.3 Å². The van der Waals surface area contributed by atoms with Crippen LogP contribution >= 0.6 is 0 Å². The molecule has 1 saturated heterocycles. The van der Waals surface area contributed by atoms with Gasteiger partial charge < -0.3 is 10.1 Å². The summed E-state index contributed by atoms with van der Waals surface area (Å²) in [6.07, 6.45) is 0.755. The zero-order valence-corrected chi connectivity index (χ0v) is 13.2. The Labute approximate surface area is 139 Å². The molecule has 2 amide bonds. The minimum Gasteiger partial charge on any atom is -0.497 e. The molecule has 0 aliphatic carbocycles. The summed E-state index contributed by atoms with van der Waals surface area (Å²) in [5.74, 6) is -0.0793. The number of anilines is 2. The molecule has 0 spiro atoms. The molecule has 124 valence electrons. The highest BCUT2D eigenvalue weighted by atomic mass is 19.1. The number of methoxy groups -OCH3 is 1. The third-order valence-corrected chi connectivity index (χ3v) is 3.98. The van der Waals surface area contributed by atoms with Crippen LogP contribution in [0.1, 0.15) is 12.8 Å². The minimum atomic E-state index is -0.587. The van der Waals surface area contributed by atoms with Gasteiger partial charge in [-0.3, -0.25) is 14.5 Å². The van der Waals surface area contributed by atoms with Crippen LogP contribution in [0.4, 0.5) is 15.8 Å². The number of rotatable bonds is 4. The Morgan fingerprint density at radius 1 is 1.17 bits per heavy atom. The summed E-state index contributed by atoms with van der Waals surface area (Å²) in [6.45, 7) is 0. The van der Waals surface area contributed by atoms with Crippen molar-refractivity contribution in [1.82, 2.24) is 0 Å². The third kappa shape index (κ3) is 3.22. The number of amides is 2. The fourth-order valence-electron chi connectivity index (χ4n) is 2.76. The summed E-state index contributed by atoms with van der Waals surface area (Å²) in [5.41, 5.74) is 1.15. The first-order chi connectivity index (χ1) is 11.6. The maximum Gasteiger partial charge on any atom is 0.247 e. The third-order valence-electron chi connectivity index (χ3n) is 3.98. The highest BCUT2D eigenvalue weighted by molar-refractivity contribution is 6.07. The van der Waals surface area contributed by atoms with Gasteiger partial charge in [0, 0.05) is 17.8 Å². The van der Waals surface area contributed by atoms with Gasteiger partial charge in [-0.05, 0) is 55.0 Å². The summed E-state index contributed by atoms with van der Waals surface area (Å²) < 4.78 is 18.1. The van der Waals surface area contributed by atoms with Crippen LogP contribution in [0.3, 0.4) is 0 Å². The molecule has 24 heavy (non-hydrogen) atoms. The normalized spacial score (nSPS) is 17.0. The summed E-state index contributed by atoms with van der Waals surface area (Å²) in [4.78, 5) is 26.2. The molecule has 1 aliphatic rings. The molecule has 1 fully saturated rings. The average Bonchev–Trinajstić information content (AvgIpc) is 2.99.